The molecule has 20 heavy (non-hydrogen) atoms. The Labute approximate surface area is 118 Å². The van der Waals surface area contributed by atoms with Crippen molar-refractivity contribution < 1.29 is 9.72 Å². The van der Waals surface area contributed by atoms with Gasteiger partial charge in [-0.05, 0) is 19.1 Å². The smallest absolute Gasteiger partial charge is 0.292 e. The number of carbonyl (C=O) groups is 1. The van der Waals surface area contributed by atoms with E-state index in [1.807, 2.05) is 0 Å². The molecule has 0 fully saturated rings. The second-order valence-corrected chi connectivity index (χ2v) is 5.00. The van der Waals surface area contributed by atoms with Crippen molar-refractivity contribution in [2.75, 3.05) is 17.7 Å². The first-order chi connectivity index (χ1) is 9.51. The van der Waals surface area contributed by atoms with Crippen LogP contribution in [0.25, 0.3) is 0 Å². The molecule has 9 heteroatoms. The van der Waals surface area contributed by atoms with Crippen LogP contribution in [0.4, 0.5) is 16.5 Å². The highest BCUT2D eigenvalue weighted by Gasteiger charge is 2.16. The maximum absolute atomic E-state index is 12.0. The van der Waals surface area contributed by atoms with Crippen LogP contribution in [0.15, 0.2) is 18.2 Å². The van der Waals surface area contributed by atoms with Gasteiger partial charge in [-0.3, -0.25) is 20.2 Å². The number of aromatic nitrogens is 2. The maximum atomic E-state index is 12.0. The Morgan fingerprint density at radius 1 is 1.40 bits per heavy atom. The normalized spacial score (nSPS) is 10.1. The summed E-state index contributed by atoms with van der Waals surface area (Å²) in [7, 11) is 1.55. The van der Waals surface area contributed by atoms with Gasteiger partial charge in [-0.15, -0.1) is 10.2 Å². The second kappa shape index (κ2) is 5.61. The molecule has 0 unspecified atom stereocenters. The third-order valence-electron chi connectivity index (χ3n) is 2.47. The van der Waals surface area contributed by atoms with E-state index in [-0.39, 0.29) is 11.4 Å². The minimum atomic E-state index is -0.512. The second-order valence-electron chi connectivity index (χ2n) is 3.82. The average Bonchev–Trinajstić information content (AvgIpc) is 2.83. The molecule has 1 heterocycles. The van der Waals surface area contributed by atoms with Crippen LogP contribution in [0.5, 0.6) is 0 Å². The number of hydrogen-bond acceptors (Lipinski definition) is 7. The number of nitrogens with one attached hydrogen (secondary N) is 2. The molecular formula is C11H11N5O3S. The van der Waals surface area contributed by atoms with Gasteiger partial charge in [-0.2, -0.15) is 0 Å². The molecule has 0 radical (unpaired) electrons. The fourth-order valence-electron chi connectivity index (χ4n) is 1.55. The molecule has 0 aliphatic rings. The van der Waals surface area contributed by atoms with Crippen molar-refractivity contribution in [1.29, 1.82) is 0 Å². The van der Waals surface area contributed by atoms with Gasteiger partial charge in [0.25, 0.3) is 11.6 Å². The molecule has 1 aromatic heterocycles. The number of nitro benzene ring substituents is 1. The summed E-state index contributed by atoms with van der Waals surface area (Å²) >= 11 is 1.25. The molecule has 0 aliphatic carbocycles. The number of nitrogens with zero attached hydrogens (tertiary/aromatic N) is 3. The van der Waals surface area contributed by atoms with Gasteiger partial charge in [0.2, 0.25) is 5.13 Å². The lowest BCUT2D eigenvalue weighted by molar-refractivity contribution is -0.383. The lowest BCUT2D eigenvalue weighted by Crippen LogP contribution is -2.12. The van der Waals surface area contributed by atoms with Gasteiger partial charge in [0.1, 0.15) is 10.7 Å². The molecule has 0 saturated heterocycles. The van der Waals surface area contributed by atoms with Gasteiger partial charge in [0.15, 0.2) is 0 Å². The number of amides is 1. The van der Waals surface area contributed by atoms with Crippen LogP contribution in [0.2, 0.25) is 0 Å². The molecule has 2 aromatic rings. The summed E-state index contributed by atoms with van der Waals surface area (Å²) in [6, 6.07) is 4.09. The molecule has 1 amide bonds. The molecular weight excluding hydrogens is 282 g/mol. The number of carbonyl (C=O) groups excluding carboxylic acids is 1. The Hall–Kier alpha value is -2.55. The van der Waals surface area contributed by atoms with E-state index in [0.717, 1.165) is 5.01 Å². The minimum Gasteiger partial charge on any atom is -0.383 e. The van der Waals surface area contributed by atoms with E-state index >= 15 is 0 Å². The molecule has 0 aliphatic heterocycles. The topological polar surface area (TPSA) is 110 Å². The monoisotopic (exact) mass is 293 g/mol. The highest BCUT2D eigenvalue weighted by molar-refractivity contribution is 7.15. The van der Waals surface area contributed by atoms with Gasteiger partial charge >= 0.3 is 0 Å². The van der Waals surface area contributed by atoms with Crippen LogP contribution in [0.1, 0.15) is 15.4 Å². The van der Waals surface area contributed by atoms with Crippen molar-refractivity contribution in [3.63, 3.8) is 0 Å². The highest BCUT2D eigenvalue weighted by atomic mass is 32.1. The zero-order valence-electron chi connectivity index (χ0n) is 10.7. The van der Waals surface area contributed by atoms with Crippen molar-refractivity contribution in [2.45, 2.75) is 6.92 Å². The van der Waals surface area contributed by atoms with E-state index in [4.69, 9.17) is 0 Å². The first kappa shape index (κ1) is 13.9. The van der Waals surface area contributed by atoms with Crippen molar-refractivity contribution in [3.8, 4) is 0 Å². The molecule has 104 valence electrons. The van der Waals surface area contributed by atoms with E-state index in [1.54, 1.807) is 14.0 Å². The zero-order valence-corrected chi connectivity index (χ0v) is 11.5. The summed E-state index contributed by atoms with van der Waals surface area (Å²) in [4.78, 5) is 22.3. The predicted molar refractivity (Wildman–Crippen MR) is 75.2 cm³/mol. The van der Waals surface area contributed by atoms with Crippen molar-refractivity contribution >= 4 is 33.8 Å². The van der Waals surface area contributed by atoms with Gasteiger partial charge in [0.05, 0.1) is 4.92 Å². The summed E-state index contributed by atoms with van der Waals surface area (Å²) < 4.78 is 0. The van der Waals surface area contributed by atoms with Crippen LogP contribution in [-0.4, -0.2) is 28.1 Å². The minimum absolute atomic E-state index is 0.0872. The Bertz CT molecular complexity index is 670. The molecule has 1 aromatic carbocycles. The molecule has 0 atom stereocenters. The average molecular weight is 293 g/mol. The molecule has 2 rings (SSSR count). The largest absolute Gasteiger partial charge is 0.383 e. The van der Waals surface area contributed by atoms with Crippen LogP contribution < -0.4 is 10.6 Å². The molecule has 0 bridgehead atoms. The lowest BCUT2D eigenvalue weighted by atomic mass is 10.1. The number of rotatable bonds is 4. The van der Waals surface area contributed by atoms with E-state index in [0.29, 0.717) is 10.7 Å². The van der Waals surface area contributed by atoms with Crippen LogP contribution >= 0.6 is 11.3 Å². The van der Waals surface area contributed by atoms with Crippen LogP contribution in [-0.2, 0) is 0 Å². The van der Waals surface area contributed by atoms with E-state index < -0.39 is 10.8 Å². The summed E-state index contributed by atoms with van der Waals surface area (Å²) in [5, 5.41) is 24.8. The first-order valence-electron chi connectivity index (χ1n) is 5.59. The lowest BCUT2D eigenvalue weighted by Gasteiger charge is -2.05. The maximum Gasteiger partial charge on any atom is 0.292 e. The Morgan fingerprint density at radius 3 is 2.70 bits per heavy atom. The molecule has 2 N–H and O–H groups in total. The summed E-state index contributed by atoms with van der Waals surface area (Å²) in [6.45, 7) is 1.78. The van der Waals surface area contributed by atoms with E-state index in [1.165, 1.54) is 29.5 Å². The Morgan fingerprint density at radius 2 is 2.15 bits per heavy atom. The zero-order chi connectivity index (χ0) is 14.7. The summed E-state index contributed by atoms with van der Waals surface area (Å²) in [5.41, 5.74) is 0.486. The number of hydrogen-bond donors (Lipinski definition) is 2. The standard InChI is InChI=1S/C11H11N5O3S/c1-6-14-15-11(20-6)13-10(17)7-3-4-9(16(18)19)8(5-7)12-2/h3-5,12H,1-2H3,(H,13,15,17). The Balaban J connectivity index is 2.24. The summed E-state index contributed by atoms with van der Waals surface area (Å²) in [6.07, 6.45) is 0. The number of aryl methyl sites for hydroxylation is 1. The van der Waals surface area contributed by atoms with Crippen molar-refractivity contribution in [1.82, 2.24) is 10.2 Å². The van der Waals surface area contributed by atoms with E-state index in [9.17, 15) is 14.9 Å². The fraction of sp³-hybridized carbons (Fsp3) is 0.182. The predicted octanol–water partition coefficient (Wildman–Crippen LogP) is 2.05. The fourth-order valence-corrected chi connectivity index (χ4v) is 2.14. The highest BCUT2D eigenvalue weighted by Crippen LogP contribution is 2.25. The van der Waals surface area contributed by atoms with Gasteiger partial charge < -0.3 is 5.32 Å². The van der Waals surface area contributed by atoms with Gasteiger partial charge in [0, 0.05) is 18.7 Å². The third-order valence-corrected chi connectivity index (χ3v) is 3.23. The van der Waals surface area contributed by atoms with E-state index in [2.05, 4.69) is 20.8 Å². The molecule has 0 saturated carbocycles. The summed E-state index contributed by atoms with van der Waals surface area (Å²) in [5.74, 6) is -0.396. The molecule has 0 spiro atoms. The Kier molecular flexibility index (Phi) is 3.89. The quantitative estimate of drug-likeness (QED) is 0.659. The number of benzene rings is 1. The van der Waals surface area contributed by atoms with Crippen molar-refractivity contribution in [2.24, 2.45) is 0 Å². The molecule has 8 nitrogen and oxygen atoms in total. The van der Waals surface area contributed by atoms with Crippen LogP contribution in [0.3, 0.4) is 0 Å². The van der Waals surface area contributed by atoms with Crippen molar-refractivity contribution in [3.05, 3.63) is 38.9 Å². The number of anilines is 2. The van der Waals surface area contributed by atoms with Gasteiger partial charge in [-0.1, -0.05) is 11.3 Å². The van der Waals surface area contributed by atoms with Gasteiger partial charge in [-0.25, -0.2) is 0 Å². The van der Waals surface area contributed by atoms with Crippen LogP contribution in [0, 0.1) is 17.0 Å². The SMILES string of the molecule is CNc1cc(C(=O)Nc2nnc(C)s2)ccc1[N+](=O)[O-]. The number of nitro groups is 1. The first-order valence-corrected chi connectivity index (χ1v) is 6.40. The third kappa shape index (κ3) is 2.88.